The molecule has 2 rings (SSSR count). The van der Waals surface area contributed by atoms with Gasteiger partial charge < -0.3 is 4.98 Å². The third kappa shape index (κ3) is 3.05. The Morgan fingerprint density at radius 1 is 1.28 bits per heavy atom. The van der Waals surface area contributed by atoms with E-state index in [-0.39, 0.29) is 11.4 Å². The van der Waals surface area contributed by atoms with Gasteiger partial charge in [0.1, 0.15) is 16.2 Å². The molecule has 2 atom stereocenters. The van der Waals surface area contributed by atoms with Crippen molar-refractivity contribution < 1.29 is 4.21 Å². The van der Waals surface area contributed by atoms with Gasteiger partial charge in [0, 0.05) is 18.4 Å². The molecule has 4 nitrogen and oxygen atoms in total. The molecular formula is C13H17N3OS. The molecule has 0 amide bonds. The van der Waals surface area contributed by atoms with Crippen molar-refractivity contribution in [1.29, 1.82) is 0 Å². The predicted molar refractivity (Wildman–Crippen MR) is 72.5 cm³/mol. The fourth-order valence-electron chi connectivity index (χ4n) is 1.68. The molecule has 0 bridgehead atoms. The Morgan fingerprint density at radius 2 is 2.00 bits per heavy atom. The van der Waals surface area contributed by atoms with Crippen LogP contribution in [0.4, 0.5) is 0 Å². The van der Waals surface area contributed by atoms with E-state index in [0.29, 0.717) is 5.16 Å². The number of rotatable bonds is 5. The zero-order valence-electron chi connectivity index (χ0n) is 10.5. The van der Waals surface area contributed by atoms with Gasteiger partial charge in [0.15, 0.2) is 5.16 Å². The van der Waals surface area contributed by atoms with E-state index in [1.165, 1.54) is 0 Å². The predicted octanol–water partition coefficient (Wildman–Crippen LogP) is 2.21. The Hall–Kier alpha value is -1.46. The molecule has 0 aliphatic heterocycles. The van der Waals surface area contributed by atoms with E-state index in [1.54, 1.807) is 12.4 Å². The first kappa shape index (κ1) is 13.0. The number of aromatic nitrogens is 2. The molecule has 1 aromatic heterocycles. The quantitative estimate of drug-likeness (QED) is 0.869. The van der Waals surface area contributed by atoms with Crippen LogP contribution in [0.3, 0.4) is 0 Å². The van der Waals surface area contributed by atoms with Gasteiger partial charge in [0.2, 0.25) is 0 Å². The van der Waals surface area contributed by atoms with Gasteiger partial charge in [-0.25, -0.2) is 9.19 Å². The molecule has 1 heterocycles. The fraction of sp³-hybridized carbons (Fsp3) is 0.308. The second kappa shape index (κ2) is 5.93. The van der Waals surface area contributed by atoms with Crippen LogP contribution in [0.25, 0.3) is 0 Å². The summed E-state index contributed by atoms with van der Waals surface area (Å²) in [6.07, 6.45) is 3.30. The number of nitrogens with one attached hydrogen (secondary N) is 2. The van der Waals surface area contributed by atoms with Gasteiger partial charge in [-0.1, -0.05) is 30.3 Å². The third-order valence-corrected chi connectivity index (χ3v) is 3.91. The lowest BCUT2D eigenvalue weighted by Crippen LogP contribution is -2.31. The first-order chi connectivity index (χ1) is 8.68. The molecule has 0 fully saturated rings. The summed E-state index contributed by atoms with van der Waals surface area (Å²) in [5.74, 6) is 0. The van der Waals surface area contributed by atoms with Crippen LogP contribution in [0.1, 0.15) is 24.8 Å². The second-order valence-corrected chi connectivity index (χ2v) is 5.76. The van der Waals surface area contributed by atoms with Crippen LogP contribution in [0, 0.1) is 0 Å². The summed E-state index contributed by atoms with van der Waals surface area (Å²) in [5, 5.41) is 3.57. The van der Waals surface area contributed by atoms with Crippen LogP contribution in [-0.2, 0) is 10.8 Å². The van der Waals surface area contributed by atoms with Crippen molar-refractivity contribution in [2.24, 2.45) is 0 Å². The summed E-state index contributed by atoms with van der Waals surface area (Å²) in [7, 11) is -1.24. The summed E-state index contributed by atoms with van der Waals surface area (Å²) in [5.41, 5.74) is 1.00. The number of nitrogens with zero attached hydrogens (tertiary/aromatic N) is 1. The molecule has 5 heteroatoms. The maximum absolute atomic E-state index is 12.5. The number of aromatic amines is 1. The van der Waals surface area contributed by atoms with Crippen molar-refractivity contribution in [1.82, 2.24) is 15.3 Å². The van der Waals surface area contributed by atoms with Crippen molar-refractivity contribution >= 4 is 10.8 Å². The molecule has 0 saturated carbocycles. The van der Waals surface area contributed by atoms with Gasteiger partial charge in [-0.05, 0) is 19.4 Å². The molecule has 2 unspecified atom stereocenters. The lowest BCUT2D eigenvalue weighted by Gasteiger charge is -2.20. The maximum atomic E-state index is 12.5. The Morgan fingerprint density at radius 3 is 2.56 bits per heavy atom. The molecule has 0 aliphatic rings. The first-order valence-corrected chi connectivity index (χ1v) is 7.10. The number of H-pyrrole nitrogens is 1. The summed E-state index contributed by atoms with van der Waals surface area (Å²) in [6.45, 7) is 4.07. The van der Waals surface area contributed by atoms with Crippen LogP contribution in [0.5, 0.6) is 0 Å². The maximum Gasteiger partial charge on any atom is 0.198 e. The smallest absolute Gasteiger partial charge is 0.198 e. The molecule has 18 heavy (non-hydrogen) atoms. The molecule has 0 spiro atoms. The molecule has 2 N–H and O–H groups in total. The number of benzene rings is 1. The minimum Gasteiger partial charge on any atom is -0.338 e. The fourth-order valence-corrected chi connectivity index (χ4v) is 3.06. The lowest BCUT2D eigenvalue weighted by atomic mass is 10.2. The Kier molecular flexibility index (Phi) is 4.28. The molecule has 2 aromatic rings. The normalized spacial score (nSPS) is 14.6. The largest absolute Gasteiger partial charge is 0.338 e. The monoisotopic (exact) mass is 263 g/mol. The van der Waals surface area contributed by atoms with Crippen LogP contribution in [-0.4, -0.2) is 20.2 Å². The van der Waals surface area contributed by atoms with Crippen LogP contribution in [0.15, 0.2) is 47.9 Å². The van der Waals surface area contributed by atoms with Crippen molar-refractivity contribution in [3.8, 4) is 0 Å². The van der Waals surface area contributed by atoms with Gasteiger partial charge in [0.05, 0.1) is 0 Å². The van der Waals surface area contributed by atoms with Crippen molar-refractivity contribution in [3.63, 3.8) is 0 Å². The zero-order valence-corrected chi connectivity index (χ0v) is 11.3. The standard InChI is InChI=1S/C13H17N3OS/c1-10(2)16-12(11-6-4-3-5-7-11)18(17)13-14-8-9-15-13/h3-10,12,16H,1-2H3,(H,14,15). The van der Waals surface area contributed by atoms with Crippen molar-refractivity contribution in [3.05, 3.63) is 48.3 Å². The van der Waals surface area contributed by atoms with Crippen LogP contribution in [0.2, 0.25) is 0 Å². The van der Waals surface area contributed by atoms with Crippen molar-refractivity contribution in [2.45, 2.75) is 30.4 Å². The van der Waals surface area contributed by atoms with E-state index < -0.39 is 10.8 Å². The van der Waals surface area contributed by atoms with Gasteiger partial charge >= 0.3 is 0 Å². The lowest BCUT2D eigenvalue weighted by molar-refractivity contribution is 0.557. The number of imidazole rings is 1. The van der Waals surface area contributed by atoms with Crippen molar-refractivity contribution in [2.75, 3.05) is 0 Å². The van der Waals surface area contributed by atoms with E-state index in [4.69, 9.17) is 0 Å². The SMILES string of the molecule is CC(C)NC(c1ccccc1)S(=O)c1ncc[nH]1. The van der Waals surface area contributed by atoms with E-state index in [0.717, 1.165) is 5.56 Å². The average molecular weight is 263 g/mol. The highest BCUT2D eigenvalue weighted by Crippen LogP contribution is 2.21. The average Bonchev–Trinajstić information content (AvgIpc) is 2.90. The molecule has 96 valence electrons. The van der Waals surface area contributed by atoms with Gasteiger partial charge in [-0.15, -0.1) is 0 Å². The molecule has 1 aromatic carbocycles. The summed E-state index contributed by atoms with van der Waals surface area (Å²) >= 11 is 0. The Balaban J connectivity index is 2.29. The van der Waals surface area contributed by atoms with Gasteiger partial charge in [-0.3, -0.25) is 5.32 Å². The van der Waals surface area contributed by atoms with Gasteiger partial charge in [-0.2, -0.15) is 0 Å². The first-order valence-electron chi connectivity index (χ1n) is 5.89. The van der Waals surface area contributed by atoms with E-state index in [1.807, 2.05) is 44.2 Å². The molecular weight excluding hydrogens is 246 g/mol. The highest BCUT2D eigenvalue weighted by atomic mass is 32.2. The minimum atomic E-state index is -1.24. The molecule has 0 aliphatic carbocycles. The molecule has 0 radical (unpaired) electrons. The summed E-state index contributed by atoms with van der Waals surface area (Å²) < 4.78 is 12.5. The Labute approximate surface area is 109 Å². The van der Waals surface area contributed by atoms with Gasteiger partial charge in [0.25, 0.3) is 0 Å². The third-order valence-electron chi connectivity index (χ3n) is 2.46. The van der Waals surface area contributed by atoms with E-state index >= 15 is 0 Å². The number of hydrogen-bond donors (Lipinski definition) is 2. The number of hydrogen-bond acceptors (Lipinski definition) is 3. The second-order valence-electron chi connectivity index (χ2n) is 4.30. The summed E-state index contributed by atoms with van der Waals surface area (Å²) in [6, 6.07) is 10.0. The van der Waals surface area contributed by atoms with E-state index in [9.17, 15) is 4.21 Å². The van der Waals surface area contributed by atoms with Crippen LogP contribution >= 0.6 is 0 Å². The van der Waals surface area contributed by atoms with E-state index in [2.05, 4.69) is 15.3 Å². The zero-order chi connectivity index (χ0) is 13.0. The minimum absolute atomic E-state index is 0.245. The topological polar surface area (TPSA) is 57.8 Å². The Bertz CT molecular complexity index is 496. The van der Waals surface area contributed by atoms with Crippen LogP contribution < -0.4 is 5.32 Å². The highest BCUT2D eigenvalue weighted by Gasteiger charge is 2.22. The highest BCUT2D eigenvalue weighted by molar-refractivity contribution is 7.85. The summed E-state index contributed by atoms with van der Waals surface area (Å²) in [4.78, 5) is 6.98. The molecule has 0 saturated heterocycles.